The van der Waals surface area contributed by atoms with Crippen LogP contribution in [-0.2, 0) is 7.05 Å². The molecule has 0 aliphatic carbocycles. The Morgan fingerprint density at radius 3 is 2.57 bits per heavy atom. The summed E-state index contributed by atoms with van der Waals surface area (Å²) in [6, 6.07) is 8.67. The van der Waals surface area contributed by atoms with Crippen molar-refractivity contribution < 1.29 is 14.6 Å². The summed E-state index contributed by atoms with van der Waals surface area (Å²) in [6.07, 6.45) is 0. The predicted molar refractivity (Wildman–Crippen MR) is 86.8 cm³/mol. The number of pyridine rings is 1. The fourth-order valence-electron chi connectivity index (χ4n) is 2.10. The van der Waals surface area contributed by atoms with Gasteiger partial charge in [0.05, 0.1) is 5.56 Å². The Morgan fingerprint density at radius 2 is 2.00 bits per heavy atom. The fraction of sp³-hybridized carbons (Fsp3) is 0.188. The molecular formula is C16H13BrN2O4. The van der Waals surface area contributed by atoms with E-state index in [9.17, 15) is 14.7 Å². The molecular weight excluding hydrogens is 364 g/mol. The van der Waals surface area contributed by atoms with Crippen molar-refractivity contribution in [3.63, 3.8) is 0 Å². The van der Waals surface area contributed by atoms with E-state index in [0.717, 1.165) is 9.04 Å². The Bertz CT molecular complexity index is 864. The molecule has 1 aromatic carbocycles. The van der Waals surface area contributed by atoms with Gasteiger partial charge in [0.1, 0.15) is 17.4 Å². The van der Waals surface area contributed by atoms with Gasteiger partial charge in [0.15, 0.2) is 6.61 Å². The van der Waals surface area contributed by atoms with Crippen molar-refractivity contribution in [2.45, 2.75) is 6.92 Å². The van der Waals surface area contributed by atoms with Gasteiger partial charge in [-0.15, -0.1) is 0 Å². The van der Waals surface area contributed by atoms with E-state index in [4.69, 9.17) is 10.00 Å². The number of nitrogens with zero attached hydrogens (tertiary/aromatic N) is 2. The van der Waals surface area contributed by atoms with E-state index in [1.165, 1.54) is 14.0 Å². The predicted octanol–water partition coefficient (Wildman–Crippen LogP) is 2.30. The Balaban J connectivity index is 2.33. The first-order chi connectivity index (χ1) is 10.9. The number of hydrogen-bond acceptors (Lipinski definition) is 5. The van der Waals surface area contributed by atoms with Gasteiger partial charge < -0.3 is 9.84 Å². The molecule has 0 fully saturated rings. The summed E-state index contributed by atoms with van der Waals surface area (Å²) < 4.78 is 7.13. The number of aromatic nitrogens is 1. The number of aromatic hydroxyl groups is 1. The number of Topliss-reactive ketones (excluding diaryl/α,β-unsaturated/α-hetero) is 1. The molecule has 2 rings (SSSR count). The molecule has 6 nitrogen and oxygen atoms in total. The molecule has 23 heavy (non-hydrogen) atoms. The Hall–Kier alpha value is -2.59. The lowest BCUT2D eigenvalue weighted by Gasteiger charge is -2.13. The van der Waals surface area contributed by atoms with Crippen LogP contribution in [0.1, 0.15) is 21.5 Å². The van der Waals surface area contributed by atoms with Gasteiger partial charge >= 0.3 is 0 Å². The number of hydrogen-bond donors (Lipinski definition) is 1. The van der Waals surface area contributed by atoms with Crippen molar-refractivity contribution in [1.29, 1.82) is 5.26 Å². The summed E-state index contributed by atoms with van der Waals surface area (Å²) >= 11 is 3.29. The molecule has 0 saturated carbocycles. The maximum atomic E-state index is 12.3. The topological polar surface area (TPSA) is 92.3 Å². The summed E-state index contributed by atoms with van der Waals surface area (Å²) in [5, 5.41) is 19.1. The summed E-state index contributed by atoms with van der Waals surface area (Å²) in [7, 11) is 1.30. The largest absolute Gasteiger partial charge is 0.494 e. The molecule has 0 unspecified atom stereocenters. The van der Waals surface area contributed by atoms with E-state index >= 15 is 0 Å². The molecule has 118 valence electrons. The summed E-state index contributed by atoms with van der Waals surface area (Å²) in [6.45, 7) is 1.13. The summed E-state index contributed by atoms with van der Waals surface area (Å²) in [5.74, 6) is -0.505. The Kier molecular flexibility index (Phi) is 4.86. The summed E-state index contributed by atoms with van der Waals surface area (Å²) in [4.78, 5) is 24.2. The van der Waals surface area contributed by atoms with Crippen molar-refractivity contribution in [2.75, 3.05) is 6.61 Å². The minimum absolute atomic E-state index is 0.0826. The molecule has 7 heteroatoms. The monoisotopic (exact) mass is 376 g/mol. The molecule has 0 spiro atoms. The van der Waals surface area contributed by atoms with E-state index in [-0.39, 0.29) is 23.3 Å². The molecule has 0 atom stereocenters. The average molecular weight is 377 g/mol. The van der Waals surface area contributed by atoms with Crippen LogP contribution in [0.5, 0.6) is 11.6 Å². The van der Waals surface area contributed by atoms with Gasteiger partial charge in [-0.05, 0) is 36.8 Å². The van der Waals surface area contributed by atoms with Crippen LogP contribution in [0, 0.1) is 18.3 Å². The number of benzene rings is 1. The quantitative estimate of drug-likeness (QED) is 0.826. The second-order valence-corrected chi connectivity index (χ2v) is 5.76. The number of carbonyl (C=O) groups excluding carboxylic acids is 1. The zero-order chi connectivity index (χ0) is 17.1. The zero-order valence-corrected chi connectivity index (χ0v) is 14.0. The third-order valence-electron chi connectivity index (χ3n) is 3.38. The van der Waals surface area contributed by atoms with E-state index in [1.54, 1.807) is 30.3 Å². The number of ether oxygens (including phenoxy) is 1. The van der Waals surface area contributed by atoms with Crippen LogP contribution in [0.2, 0.25) is 0 Å². The smallest absolute Gasteiger partial charge is 0.271 e. The molecule has 0 aliphatic rings. The molecule has 0 aliphatic heterocycles. The van der Waals surface area contributed by atoms with Gasteiger partial charge in [0.2, 0.25) is 11.7 Å². The molecule has 0 saturated heterocycles. The molecule has 1 N–H and O–H groups in total. The molecule has 1 aromatic heterocycles. The molecule has 2 aromatic rings. The van der Waals surface area contributed by atoms with E-state index < -0.39 is 17.2 Å². The summed E-state index contributed by atoms with van der Waals surface area (Å²) in [5.41, 5.74) is -0.747. The lowest BCUT2D eigenvalue weighted by atomic mass is 10.0. The average Bonchev–Trinajstić information content (AvgIpc) is 2.53. The van der Waals surface area contributed by atoms with Crippen LogP contribution in [0.3, 0.4) is 0 Å². The van der Waals surface area contributed by atoms with Crippen molar-refractivity contribution in [2.24, 2.45) is 7.05 Å². The lowest BCUT2D eigenvalue weighted by molar-refractivity contribution is 0.0916. The van der Waals surface area contributed by atoms with Crippen molar-refractivity contribution in [1.82, 2.24) is 4.57 Å². The first kappa shape index (κ1) is 16.8. The molecule has 1 heterocycles. The van der Waals surface area contributed by atoms with Gasteiger partial charge in [0, 0.05) is 11.5 Å². The highest BCUT2D eigenvalue weighted by atomic mass is 79.9. The number of ketones is 1. The van der Waals surface area contributed by atoms with Crippen molar-refractivity contribution >= 4 is 21.7 Å². The number of carbonyl (C=O) groups is 1. The SMILES string of the molecule is Cc1c(C(=O)COc2ccc(Br)cc2)c(O)n(C)c(=O)c1C#N. The van der Waals surface area contributed by atoms with Crippen LogP contribution in [0.25, 0.3) is 0 Å². The van der Waals surface area contributed by atoms with Gasteiger partial charge in [-0.25, -0.2) is 0 Å². The third kappa shape index (κ3) is 3.27. The lowest BCUT2D eigenvalue weighted by Crippen LogP contribution is -2.25. The molecule has 0 bridgehead atoms. The standard InChI is InChI=1S/C16H13BrN2O4/c1-9-12(7-18)15(21)19(2)16(22)14(9)13(20)8-23-11-5-3-10(17)4-6-11/h3-6,22H,8H2,1-2H3. The highest BCUT2D eigenvalue weighted by Gasteiger charge is 2.22. The fourth-order valence-corrected chi connectivity index (χ4v) is 2.37. The Labute approximate surface area is 140 Å². The number of rotatable bonds is 4. The zero-order valence-electron chi connectivity index (χ0n) is 12.5. The molecule has 0 radical (unpaired) electrons. The van der Waals surface area contributed by atoms with Crippen LogP contribution in [-0.4, -0.2) is 22.1 Å². The maximum absolute atomic E-state index is 12.3. The van der Waals surface area contributed by atoms with Gasteiger partial charge in [0.25, 0.3) is 5.56 Å². The molecule has 0 amide bonds. The minimum atomic E-state index is -0.645. The van der Waals surface area contributed by atoms with E-state index in [0.29, 0.717) is 5.75 Å². The van der Waals surface area contributed by atoms with Crippen LogP contribution < -0.4 is 10.3 Å². The van der Waals surface area contributed by atoms with Crippen LogP contribution in [0.4, 0.5) is 0 Å². The normalized spacial score (nSPS) is 10.2. The van der Waals surface area contributed by atoms with E-state index in [1.807, 2.05) is 0 Å². The third-order valence-corrected chi connectivity index (χ3v) is 3.91. The highest BCUT2D eigenvalue weighted by molar-refractivity contribution is 9.10. The second-order valence-electron chi connectivity index (χ2n) is 4.84. The Morgan fingerprint density at radius 1 is 1.39 bits per heavy atom. The highest BCUT2D eigenvalue weighted by Crippen LogP contribution is 2.22. The van der Waals surface area contributed by atoms with Crippen LogP contribution >= 0.6 is 15.9 Å². The second kappa shape index (κ2) is 6.67. The van der Waals surface area contributed by atoms with Crippen molar-refractivity contribution in [3.05, 3.63) is 55.8 Å². The van der Waals surface area contributed by atoms with E-state index in [2.05, 4.69) is 15.9 Å². The number of halogens is 1. The van der Waals surface area contributed by atoms with Gasteiger partial charge in [-0.3, -0.25) is 14.2 Å². The van der Waals surface area contributed by atoms with Crippen LogP contribution in [0.15, 0.2) is 33.5 Å². The first-order valence-electron chi connectivity index (χ1n) is 6.61. The number of nitriles is 1. The van der Waals surface area contributed by atoms with Crippen molar-refractivity contribution in [3.8, 4) is 17.7 Å². The minimum Gasteiger partial charge on any atom is -0.494 e. The first-order valence-corrected chi connectivity index (χ1v) is 7.40. The maximum Gasteiger partial charge on any atom is 0.271 e. The van der Waals surface area contributed by atoms with Gasteiger partial charge in [-0.1, -0.05) is 15.9 Å². The van der Waals surface area contributed by atoms with Gasteiger partial charge in [-0.2, -0.15) is 5.26 Å².